The highest BCUT2D eigenvalue weighted by Gasteiger charge is 2.38. The summed E-state index contributed by atoms with van der Waals surface area (Å²) in [5.74, 6) is 0.825. The van der Waals surface area contributed by atoms with Crippen LogP contribution in [0.1, 0.15) is 37.8 Å². The molecule has 2 saturated heterocycles. The van der Waals surface area contributed by atoms with Crippen molar-refractivity contribution < 1.29 is 4.79 Å². The number of amides is 1. The van der Waals surface area contributed by atoms with E-state index in [4.69, 9.17) is 5.73 Å². The zero-order valence-electron chi connectivity index (χ0n) is 15.9. The molecule has 0 saturated carbocycles. The van der Waals surface area contributed by atoms with E-state index in [9.17, 15) is 4.79 Å². The SMILES string of the molecule is CCN1CCCC1CNC(N)=NCC1CC(=O)N(C)C1c1ccccc1. The first-order valence-corrected chi connectivity index (χ1v) is 9.68. The van der Waals surface area contributed by atoms with Crippen molar-refractivity contribution in [1.82, 2.24) is 15.1 Å². The first kappa shape index (κ1) is 18.7. The zero-order chi connectivity index (χ0) is 18.5. The lowest BCUT2D eigenvalue weighted by Crippen LogP contribution is -2.43. The Hall–Kier alpha value is -2.08. The number of guanidine groups is 1. The Morgan fingerprint density at radius 1 is 1.35 bits per heavy atom. The average Bonchev–Trinajstić information content (AvgIpc) is 3.23. The first-order valence-electron chi connectivity index (χ1n) is 9.68. The lowest BCUT2D eigenvalue weighted by Gasteiger charge is -2.25. The minimum Gasteiger partial charge on any atom is -0.370 e. The van der Waals surface area contributed by atoms with E-state index < -0.39 is 0 Å². The molecule has 26 heavy (non-hydrogen) atoms. The Bertz CT molecular complexity index is 632. The first-order chi connectivity index (χ1) is 12.6. The lowest BCUT2D eigenvalue weighted by molar-refractivity contribution is -0.127. The Kier molecular flexibility index (Phi) is 6.14. The lowest BCUT2D eigenvalue weighted by atomic mass is 9.94. The minimum absolute atomic E-state index is 0.0747. The molecule has 6 nitrogen and oxygen atoms in total. The number of nitrogens with zero attached hydrogens (tertiary/aromatic N) is 3. The van der Waals surface area contributed by atoms with Gasteiger partial charge in [-0.25, -0.2) is 0 Å². The molecule has 142 valence electrons. The molecule has 0 bridgehead atoms. The normalized spacial score (nSPS) is 27.3. The molecule has 3 atom stereocenters. The van der Waals surface area contributed by atoms with Crippen LogP contribution >= 0.6 is 0 Å². The summed E-state index contributed by atoms with van der Waals surface area (Å²) in [7, 11) is 1.88. The van der Waals surface area contributed by atoms with E-state index >= 15 is 0 Å². The van der Waals surface area contributed by atoms with Gasteiger partial charge in [0.2, 0.25) is 5.91 Å². The molecule has 1 aromatic carbocycles. The molecule has 3 N–H and O–H groups in total. The van der Waals surface area contributed by atoms with Gasteiger partial charge >= 0.3 is 0 Å². The maximum Gasteiger partial charge on any atom is 0.223 e. The minimum atomic E-state index is 0.0747. The maximum absolute atomic E-state index is 12.2. The van der Waals surface area contributed by atoms with Crippen LogP contribution in [0.15, 0.2) is 35.3 Å². The number of carbonyl (C=O) groups excluding carboxylic acids is 1. The average molecular weight is 358 g/mol. The van der Waals surface area contributed by atoms with Gasteiger partial charge in [0.05, 0.1) is 6.04 Å². The van der Waals surface area contributed by atoms with Gasteiger partial charge in [0, 0.05) is 38.5 Å². The quantitative estimate of drug-likeness (QED) is 0.599. The van der Waals surface area contributed by atoms with E-state index in [0.717, 1.165) is 18.7 Å². The molecule has 0 spiro atoms. The number of hydrogen-bond donors (Lipinski definition) is 2. The summed E-state index contributed by atoms with van der Waals surface area (Å²) in [6.45, 7) is 5.87. The van der Waals surface area contributed by atoms with Crippen molar-refractivity contribution >= 4 is 11.9 Å². The highest BCUT2D eigenvalue weighted by molar-refractivity contribution is 5.80. The summed E-state index contributed by atoms with van der Waals surface area (Å²) in [4.78, 5) is 21.1. The predicted octanol–water partition coefficient (Wildman–Crippen LogP) is 1.59. The fourth-order valence-corrected chi connectivity index (χ4v) is 4.30. The molecule has 2 heterocycles. The van der Waals surface area contributed by atoms with E-state index in [1.165, 1.54) is 19.4 Å². The Labute approximate surface area is 156 Å². The van der Waals surface area contributed by atoms with Crippen LogP contribution < -0.4 is 11.1 Å². The van der Waals surface area contributed by atoms with Gasteiger partial charge in [-0.1, -0.05) is 37.3 Å². The Morgan fingerprint density at radius 3 is 2.85 bits per heavy atom. The third-order valence-corrected chi connectivity index (χ3v) is 5.76. The number of hydrogen-bond acceptors (Lipinski definition) is 3. The van der Waals surface area contributed by atoms with Gasteiger partial charge in [-0.15, -0.1) is 0 Å². The number of likely N-dealkylation sites (tertiary alicyclic amines) is 2. The van der Waals surface area contributed by atoms with Crippen LogP contribution in [0.3, 0.4) is 0 Å². The predicted molar refractivity (Wildman–Crippen MR) is 105 cm³/mol. The highest BCUT2D eigenvalue weighted by atomic mass is 16.2. The Balaban J connectivity index is 1.58. The van der Waals surface area contributed by atoms with Gasteiger partial charge in [0.15, 0.2) is 5.96 Å². The second kappa shape index (κ2) is 8.54. The highest BCUT2D eigenvalue weighted by Crippen LogP contribution is 2.36. The summed E-state index contributed by atoms with van der Waals surface area (Å²) < 4.78 is 0. The van der Waals surface area contributed by atoms with Crippen molar-refractivity contribution in [3.63, 3.8) is 0 Å². The molecule has 2 aliphatic rings. The summed E-state index contributed by atoms with van der Waals surface area (Å²) in [6, 6.07) is 10.8. The smallest absolute Gasteiger partial charge is 0.223 e. The van der Waals surface area contributed by atoms with Gasteiger partial charge in [-0.3, -0.25) is 14.7 Å². The van der Waals surface area contributed by atoms with Crippen LogP contribution in [0.4, 0.5) is 0 Å². The third kappa shape index (κ3) is 4.18. The number of rotatable bonds is 6. The third-order valence-electron chi connectivity index (χ3n) is 5.76. The second-order valence-electron chi connectivity index (χ2n) is 7.36. The van der Waals surface area contributed by atoms with Gasteiger partial charge < -0.3 is 16.0 Å². The zero-order valence-corrected chi connectivity index (χ0v) is 15.9. The number of nitrogens with two attached hydrogens (primary N) is 1. The van der Waals surface area contributed by atoms with Crippen LogP contribution in [0.2, 0.25) is 0 Å². The molecule has 2 fully saturated rings. The molecule has 1 aromatic rings. The molecule has 6 heteroatoms. The van der Waals surface area contributed by atoms with Crippen molar-refractivity contribution in [2.75, 3.05) is 33.2 Å². The number of benzene rings is 1. The maximum atomic E-state index is 12.2. The monoisotopic (exact) mass is 357 g/mol. The summed E-state index contributed by atoms with van der Waals surface area (Å²) >= 11 is 0. The van der Waals surface area contributed by atoms with Crippen LogP contribution in [0.5, 0.6) is 0 Å². The van der Waals surface area contributed by atoms with Gasteiger partial charge in [0.1, 0.15) is 0 Å². The van der Waals surface area contributed by atoms with Crippen molar-refractivity contribution in [1.29, 1.82) is 0 Å². The van der Waals surface area contributed by atoms with E-state index in [1.54, 1.807) is 0 Å². The number of aliphatic imine (C=N–C) groups is 1. The van der Waals surface area contributed by atoms with Crippen LogP contribution in [0.25, 0.3) is 0 Å². The summed E-state index contributed by atoms with van der Waals surface area (Å²) in [5, 5.41) is 3.28. The standard InChI is InChI=1S/C20H31N5O/c1-3-25-11-7-10-17(25)14-23-20(21)22-13-16-12-18(26)24(2)19(16)15-8-5-4-6-9-15/h4-6,8-9,16-17,19H,3,7,10-14H2,1-2H3,(H3,21,22,23). The number of carbonyl (C=O) groups is 1. The molecule has 1 amide bonds. The van der Waals surface area contributed by atoms with Crippen molar-refractivity contribution in [3.8, 4) is 0 Å². The van der Waals surface area contributed by atoms with E-state index in [0.29, 0.717) is 25.0 Å². The molecule has 0 aliphatic carbocycles. The topological polar surface area (TPSA) is 74.0 Å². The molecule has 2 aliphatic heterocycles. The van der Waals surface area contributed by atoms with Gasteiger partial charge in [-0.05, 0) is 31.5 Å². The molecule has 3 unspecified atom stereocenters. The Morgan fingerprint density at radius 2 is 2.12 bits per heavy atom. The van der Waals surface area contributed by atoms with E-state index in [1.807, 2.05) is 30.1 Å². The fraction of sp³-hybridized carbons (Fsp3) is 0.600. The largest absolute Gasteiger partial charge is 0.370 e. The van der Waals surface area contributed by atoms with Gasteiger partial charge in [-0.2, -0.15) is 0 Å². The van der Waals surface area contributed by atoms with Crippen LogP contribution in [-0.4, -0.2) is 60.9 Å². The second-order valence-corrected chi connectivity index (χ2v) is 7.36. The molecular formula is C20H31N5O. The number of nitrogens with one attached hydrogen (secondary N) is 1. The van der Waals surface area contributed by atoms with Crippen molar-refractivity contribution in [3.05, 3.63) is 35.9 Å². The molecule has 0 radical (unpaired) electrons. The number of likely N-dealkylation sites (N-methyl/N-ethyl adjacent to an activating group) is 1. The van der Waals surface area contributed by atoms with E-state index in [2.05, 4.69) is 34.3 Å². The summed E-state index contributed by atoms with van der Waals surface area (Å²) in [5.41, 5.74) is 7.26. The molecule has 3 rings (SSSR count). The van der Waals surface area contributed by atoms with Crippen molar-refractivity contribution in [2.45, 2.75) is 38.3 Å². The summed E-state index contributed by atoms with van der Waals surface area (Å²) in [6.07, 6.45) is 3.00. The fourth-order valence-electron chi connectivity index (χ4n) is 4.30. The molecule has 0 aromatic heterocycles. The van der Waals surface area contributed by atoms with Crippen LogP contribution in [0, 0.1) is 5.92 Å². The van der Waals surface area contributed by atoms with Gasteiger partial charge in [0.25, 0.3) is 0 Å². The molecular weight excluding hydrogens is 326 g/mol. The van der Waals surface area contributed by atoms with Crippen molar-refractivity contribution in [2.24, 2.45) is 16.6 Å². The van der Waals surface area contributed by atoms with E-state index in [-0.39, 0.29) is 17.9 Å². The van der Waals surface area contributed by atoms with Crippen LogP contribution in [-0.2, 0) is 4.79 Å².